The lowest BCUT2D eigenvalue weighted by Crippen LogP contribution is -2.40. The number of hydrogen-bond acceptors (Lipinski definition) is 7. The minimum Gasteiger partial charge on any atom is -0.478 e. The molecule has 2 rings (SSSR count). The van der Waals surface area contributed by atoms with Gasteiger partial charge in [0, 0.05) is 44.9 Å². The lowest BCUT2D eigenvalue weighted by molar-refractivity contribution is -0.134. The average Bonchev–Trinajstić information content (AvgIpc) is 2.68. The first-order chi connectivity index (χ1) is 13.3. The number of aliphatic carboxylic acids is 2. The van der Waals surface area contributed by atoms with Gasteiger partial charge in [-0.05, 0) is 12.1 Å². The Bertz CT molecular complexity index is 714. The molecule has 1 aromatic rings. The van der Waals surface area contributed by atoms with Crippen LogP contribution < -0.4 is 5.32 Å². The molecule has 0 spiro atoms. The molecule has 1 aromatic carbocycles. The van der Waals surface area contributed by atoms with Gasteiger partial charge in [0.2, 0.25) is 0 Å². The highest BCUT2D eigenvalue weighted by Crippen LogP contribution is 2.09. The molecule has 0 saturated carbocycles. The van der Waals surface area contributed by atoms with Crippen LogP contribution in [0.5, 0.6) is 0 Å². The molecular weight excluding hydrogens is 388 g/mol. The van der Waals surface area contributed by atoms with Crippen molar-refractivity contribution in [2.24, 2.45) is 0 Å². The molecule has 0 bridgehead atoms. The summed E-state index contributed by atoms with van der Waals surface area (Å²) in [6, 6.07) is 8.60. The van der Waals surface area contributed by atoms with Crippen LogP contribution in [0.25, 0.3) is 0 Å². The first-order valence-corrected chi connectivity index (χ1v) is 10.4. The van der Waals surface area contributed by atoms with Gasteiger partial charge in [0.1, 0.15) is 0 Å². The molecule has 0 aliphatic carbocycles. The van der Waals surface area contributed by atoms with E-state index in [9.17, 15) is 18.0 Å². The lowest BCUT2D eigenvalue weighted by atomic mass is 10.4. The van der Waals surface area contributed by atoms with Crippen LogP contribution in [-0.4, -0.2) is 87.2 Å². The molecule has 0 aromatic heterocycles. The topological polar surface area (TPSA) is 133 Å². The number of ether oxygens (including phenoxy) is 1. The molecule has 1 saturated heterocycles. The van der Waals surface area contributed by atoms with Crippen molar-refractivity contribution in [2.75, 3.05) is 51.7 Å². The van der Waals surface area contributed by atoms with Crippen LogP contribution in [0.4, 0.5) is 0 Å². The average molecular weight is 414 g/mol. The van der Waals surface area contributed by atoms with E-state index in [1.54, 1.807) is 24.3 Å². The zero-order valence-electron chi connectivity index (χ0n) is 15.5. The molecule has 28 heavy (non-hydrogen) atoms. The second kappa shape index (κ2) is 13.0. The van der Waals surface area contributed by atoms with Gasteiger partial charge in [-0.3, -0.25) is 4.90 Å². The second-order valence-electron chi connectivity index (χ2n) is 5.85. The molecule has 0 atom stereocenters. The minimum atomic E-state index is -3.16. The van der Waals surface area contributed by atoms with E-state index in [0.717, 1.165) is 39.4 Å². The Hall–Kier alpha value is -2.27. The van der Waals surface area contributed by atoms with Crippen LogP contribution in [0, 0.1) is 0 Å². The first kappa shape index (κ1) is 23.8. The van der Waals surface area contributed by atoms with Crippen molar-refractivity contribution in [3.8, 4) is 0 Å². The fraction of sp³-hybridized carbons (Fsp3) is 0.444. The van der Waals surface area contributed by atoms with E-state index < -0.39 is 21.8 Å². The predicted molar refractivity (Wildman–Crippen MR) is 103 cm³/mol. The van der Waals surface area contributed by atoms with Crippen LogP contribution in [-0.2, 0) is 24.2 Å². The Morgan fingerprint density at radius 1 is 1.04 bits per heavy atom. The summed E-state index contributed by atoms with van der Waals surface area (Å²) < 4.78 is 29.3. The maximum absolute atomic E-state index is 12.0. The SMILES string of the molecule is O=C(O)/C=C\C(=O)O.O=S(=O)(CCNCCN1CCOCC1)c1ccccc1. The standard InChI is InChI=1S/C14H22N2O3S.C4H4O4/c17-20(18,14-4-2-1-3-5-14)13-7-15-6-8-16-9-11-19-12-10-16;5-3(6)1-2-4(7)8/h1-5,15H,6-13H2;1-2H,(H,5,6)(H,7,8)/b;2-1-. The Morgan fingerprint density at radius 2 is 1.61 bits per heavy atom. The molecule has 1 heterocycles. The van der Waals surface area contributed by atoms with E-state index in [0.29, 0.717) is 23.6 Å². The Labute approximate surface area is 164 Å². The predicted octanol–water partition coefficient (Wildman–Crippen LogP) is 0.0939. The maximum atomic E-state index is 12.0. The number of nitrogens with zero attached hydrogens (tertiary/aromatic N) is 1. The number of rotatable bonds is 9. The highest BCUT2D eigenvalue weighted by molar-refractivity contribution is 7.91. The summed E-state index contributed by atoms with van der Waals surface area (Å²) in [4.78, 5) is 21.8. The molecule has 1 aliphatic rings. The number of carbonyl (C=O) groups is 2. The van der Waals surface area contributed by atoms with Gasteiger partial charge in [-0.15, -0.1) is 0 Å². The van der Waals surface area contributed by atoms with E-state index in [2.05, 4.69) is 10.2 Å². The van der Waals surface area contributed by atoms with E-state index in [1.807, 2.05) is 6.07 Å². The fourth-order valence-corrected chi connectivity index (χ4v) is 3.50. The molecular formula is C18H26N2O7S. The Morgan fingerprint density at radius 3 is 2.14 bits per heavy atom. The minimum absolute atomic E-state index is 0.139. The Balaban J connectivity index is 0.000000416. The molecule has 0 radical (unpaired) electrons. The van der Waals surface area contributed by atoms with Gasteiger partial charge in [0.25, 0.3) is 0 Å². The van der Waals surface area contributed by atoms with Gasteiger partial charge in [-0.25, -0.2) is 18.0 Å². The third-order valence-corrected chi connectivity index (χ3v) is 5.46. The monoisotopic (exact) mass is 414 g/mol. The van der Waals surface area contributed by atoms with Gasteiger partial charge < -0.3 is 20.3 Å². The maximum Gasteiger partial charge on any atom is 0.328 e. The fourth-order valence-electron chi connectivity index (χ4n) is 2.28. The first-order valence-electron chi connectivity index (χ1n) is 8.74. The van der Waals surface area contributed by atoms with Crippen LogP contribution in [0.2, 0.25) is 0 Å². The number of nitrogens with one attached hydrogen (secondary N) is 1. The molecule has 3 N–H and O–H groups in total. The quantitative estimate of drug-likeness (QED) is 0.380. The van der Waals surface area contributed by atoms with Crippen molar-refractivity contribution in [3.63, 3.8) is 0 Å². The van der Waals surface area contributed by atoms with Crippen molar-refractivity contribution < 1.29 is 33.0 Å². The molecule has 9 nitrogen and oxygen atoms in total. The number of carboxylic acids is 2. The van der Waals surface area contributed by atoms with Gasteiger partial charge >= 0.3 is 11.9 Å². The van der Waals surface area contributed by atoms with Gasteiger partial charge in [0.05, 0.1) is 23.9 Å². The number of benzene rings is 1. The van der Waals surface area contributed by atoms with Crippen LogP contribution >= 0.6 is 0 Å². The smallest absolute Gasteiger partial charge is 0.328 e. The van der Waals surface area contributed by atoms with Crippen molar-refractivity contribution in [3.05, 3.63) is 42.5 Å². The number of sulfone groups is 1. The largest absolute Gasteiger partial charge is 0.478 e. The third-order valence-electron chi connectivity index (χ3n) is 3.73. The Kier molecular flexibility index (Phi) is 11.0. The summed E-state index contributed by atoms with van der Waals surface area (Å²) in [7, 11) is -3.16. The van der Waals surface area contributed by atoms with Crippen molar-refractivity contribution in [2.45, 2.75) is 4.90 Å². The normalized spacial score (nSPS) is 15.0. The summed E-state index contributed by atoms with van der Waals surface area (Å²) in [5.41, 5.74) is 0. The summed E-state index contributed by atoms with van der Waals surface area (Å²) in [5, 5.41) is 18.8. The molecule has 0 unspecified atom stereocenters. The van der Waals surface area contributed by atoms with Crippen LogP contribution in [0.15, 0.2) is 47.4 Å². The molecule has 10 heteroatoms. The number of hydrogen-bond donors (Lipinski definition) is 3. The number of carboxylic acid groups (broad SMARTS) is 2. The van der Waals surface area contributed by atoms with E-state index in [4.69, 9.17) is 14.9 Å². The van der Waals surface area contributed by atoms with Crippen LogP contribution in [0.3, 0.4) is 0 Å². The van der Waals surface area contributed by atoms with E-state index >= 15 is 0 Å². The highest BCUT2D eigenvalue weighted by Gasteiger charge is 2.13. The molecule has 0 amide bonds. The third kappa shape index (κ3) is 10.8. The lowest BCUT2D eigenvalue weighted by Gasteiger charge is -2.26. The van der Waals surface area contributed by atoms with E-state index in [-0.39, 0.29) is 5.75 Å². The van der Waals surface area contributed by atoms with Gasteiger partial charge in [0.15, 0.2) is 9.84 Å². The van der Waals surface area contributed by atoms with Crippen molar-refractivity contribution >= 4 is 21.8 Å². The number of morpholine rings is 1. The summed E-state index contributed by atoms with van der Waals surface area (Å²) >= 11 is 0. The zero-order valence-corrected chi connectivity index (χ0v) is 16.3. The summed E-state index contributed by atoms with van der Waals surface area (Å²) in [5.74, 6) is -2.38. The van der Waals surface area contributed by atoms with Gasteiger partial charge in [-0.1, -0.05) is 18.2 Å². The summed E-state index contributed by atoms with van der Waals surface area (Å²) in [6.45, 7) is 5.75. The molecule has 156 valence electrons. The zero-order chi connectivity index (χ0) is 20.8. The van der Waals surface area contributed by atoms with Crippen molar-refractivity contribution in [1.29, 1.82) is 0 Å². The summed E-state index contributed by atoms with van der Waals surface area (Å²) in [6.07, 6.45) is 1.12. The molecule has 1 fully saturated rings. The second-order valence-corrected chi connectivity index (χ2v) is 7.95. The van der Waals surface area contributed by atoms with Crippen molar-refractivity contribution in [1.82, 2.24) is 10.2 Å². The highest BCUT2D eigenvalue weighted by atomic mass is 32.2. The van der Waals surface area contributed by atoms with E-state index in [1.165, 1.54) is 0 Å². The van der Waals surface area contributed by atoms with Gasteiger partial charge in [-0.2, -0.15) is 0 Å². The van der Waals surface area contributed by atoms with Crippen LogP contribution in [0.1, 0.15) is 0 Å². The molecule has 1 aliphatic heterocycles.